The summed E-state index contributed by atoms with van der Waals surface area (Å²) in [6.45, 7) is 2.53. The van der Waals surface area contributed by atoms with Gasteiger partial charge in [-0.05, 0) is 31.0 Å². The average Bonchev–Trinajstić information content (AvgIpc) is 2.69. The highest BCUT2D eigenvalue weighted by molar-refractivity contribution is 5.77. The minimum absolute atomic E-state index is 0.00645. The van der Waals surface area contributed by atoms with Gasteiger partial charge in [-0.3, -0.25) is 4.79 Å². The number of hydrogen-bond donors (Lipinski definition) is 1. The van der Waals surface area contributed by atoms with Gasteiger partial charge in [0, 0.05) is 24.5 Å². The first-order chi connectivity index (χ1) is 12.7. The van der Waals surface area contributed by atoms with Crippen molar-refractivity contribution >= 4 is 5.91 Å². The van der Waals surface area contributed by atoms with E-state index in [9.17, 15) is 4.79 Å². The van der Waals surface area contributed by atoms with E-state index in [0.717, 1.165) is 16.7 Å². The molecule has 0 spiro atoms. The van der Waals surface area contributed by atoms with Crippen LogP contribution in [-0.4, -0.2) is 29.0 Å². The third kappa shape index (κ3) is 5.14. The third-order valence-corrected chi connectivity index (χ3v) is 3.86. The summed E-state index contributed by atoms with van der Waals surface area (Å²) in [6.07, 6.45) is 4.26. The fourth-order valence-electron chi connectivity index (χ4n) is 2.40. The highest BCUT2D eigenvalue weighted by atomic mass is 16.5. The molecule has 132 valence electrons. The molecular weight excluding hydrogens is 326 g/mol. The van der Waals surface area contributed by atoms with E-state index < -0.39 is 0 Å². The van der Waals surface area contributed by atoms with Crippen LogP contribution < -0.4 is 10.1 Å². The van der Waals surface area contributed by atoms with Gasteiger partial charge in [0.2, 0.25) is 0 Å². The first kappa shape index (κ1) is 17.6. The normalized spacial score (nSPS) is 10.3. The summed E-state index contributed by atoms with van der Waals surface area (Å²) in [5, 5.41) is 2.84. The van der Waals surface area contributed by atoms with Crippen molar-refractivity contribution in [3.63, 3.8) is 0 Å². The molecule has 0 unspecified atom stereocenters. The number of rotatable bonds is 7. The van der Waals surface area contributed by atoms with Crippen molar-refractivity contribution in [3.05, 3.63) is 78.1 Å². The van der Waals surface area contributed by atoms with Crippen LogP contribution in [0.2, 0.25) is 0 Å². The van der Waals surface area contributed by atoms with Crippen molar-refractivity contribution in [2.75, 3.05) is 13.2 Å². The molecule has 0 atom stereocenters. The lowest BCUT2D eigenvalue weighted by atomic mass is 10.2. The van der Waals surface area contributed by atoms with E-state index in [4.69, 9.17) is 4.74 Å². The number of carbonyl (C=O) groups is 1. The topological polar surface area (TPSA) is 64.1 Å². The summed E-state index contributed by atoms with van der Waals surface area (Å²) in [7, 11) is 0. The minimum atomic E-state index is -0.146. The fourth-order valence-corrected chi connectivity index (χ4v) is 2.40. The average molecular weight is 347 g/mol. The Morgan fingerprint density at radius 3 is 2.38 bits per heavy atom. The van der Waals surface area contributed by atoms with Crippen LogP contribution in [0.25, 0.3) is 11.4 Å². The zero-order chi connectivity index (χ0) is 18.2. The maximum Gasteiger partial charge on any atom is 0.257 e. The Bertz CT molecular complexity index is 831. The van der Waals surface area contributed by atoms with Gasteiger partial charge in [0.25, 0.3) is 5.91 Å². The number of ether oxygens (including phenoxy) is 1. The van der Waals surface area contributed by atoms with Gasteiger partial charge in [-0.2, -0.15) is 0 Å². The van der Waals surface area contributed by atoms with Crippen LogP contribution in [0.5, 0.6) is 5.75 Å². The summed E-state index contributed by atoms with van der Waals surface area (Å²) in [6, 6.07) is 17.4. The second-order valence-corrected chi connectivity index (χ2v) is 5.98. The van der Waals surface area contributed by atoms with Crippen molar-refractivity contribution in [2.45, 2.75) is 13.3 Å². The van der Waals surface area contributed by atoms with E-state index >= 15 is 0 Å². The maximum absolute atomic E-state index is 11.8. The summed E-state index contributed by atoms with van der Waals surface area (Å²) in [5.74, 6) is 1.24. The molecule has 3 aromatic rings. The Morgan fingerprint density at radius 1 is 1.00 bits per heavy atom. The largest absolute Gasteiger partial charge is 0.484 e. The van der Waals surface area contributed by atoms with Crippen LogP contribution >= 0.6 is 0 Å². The van der Waals surface area contributed by atoms with Gasteiger partial charge in [0.15, 0.2) is 12.4 Å². The number of nitrogens with zero attached hydrogens (tertiary/aromatic N) is 2. The molecule has 0 saturated heterocycles. The molecule has 26 heavy (non-hydrogen) atoms. The van der Waals surface area contributed by atoms with Crippen LogP contribution in [0.4, 0.5) is 0 Å². The van der Waals surface area contributed by atoms with Crippen molar-refractivity contribution in [1.82, 2.24) is 15.3 Å². The van der Waals surface area contributed by atoms with Crippen molar-refractivity contribution < 1.29 is 9.53 Å². The molecule has 5 heteroatoms. The highest BCUT2D eigenvalue weighted by Gasteiger charge is 2.04. The Labute approximate surface area is 153 Å². The molecule has 2 aromatic carbocycles. The molecule has 1 aromatic heterocycles. The summed E-state index contributed by atoms with van der Waals surface area (Å²) in [5.41, 5.74) is 3.12. The Hall–Kier alpha value is -3.21. The lowest BCUT2D eigenvalue weighted by Crippen LogP contribution is -2.30. The molecule has 0 fully saturated rings. The molecule has 1 amide bonds. The molecule has 3 rings (SSSR count). The van der Waals surface area contributed by atoms with E-state index in [1.165, 1.54) is 0 Å². The molecule has 1 N–H and O–H groups in total. The van der Waals surface area contributed by atoms with Gasteiger partial charge in [-0.1, -0.05) is 48.0 Å². The number of aryl methyl sites for hydroxylation is 1. The molecule has 0 bridgehead atoms. The van der Waals surface area contributed by atoms with Crippen LogP contribution in [0.15, 0.2) is 67.0 Å². The number of aromatic nitrogens is 2. The molecular formula is C21H21N3O2. The van der Waals surface area contributed by atoms with Crippen LogP contribution in [0, 0.1) is 6.92 Å². The van der Waals surface area contributed by atoms with E-state index in [1.54, 1.807) is 12.4 Å². The van der Waals surface area contributed by atoms with Crippen LogP contribution in [-0.2, 0) is 11.2 Å². The van der Waals surface area contributed by atoms with Gasteiger partial charge < -0.3 is 10.1 Å². The molecule has 0 saturated carbocycles. The smallest absolute Gasteiger partial charge is 0.257 e. The molecule has 0 aliphatic heterocycles. The van der Waals surface area contributed by atoms with Gasteiger partial charge >= 0.3 is 0 Å². The molecule has 5 nitrogen and oxygen atoms in total. The second-order valence-electron chi connectivity index (χ2n) is 5.98. The van der Waals surface area contributed by atoms with E-state index in [-0.39, 0.29) is 12.5 Å². The number of benzene rings is 2. The molecule has 0 aliphatic rings. The standard InChI is InChI=1S/C21H21N3O2/c1-16-7-9-19(10-8-16)26-15-20(25)22-12-11-17-13-23-21(24-14-17)18-5-3-2-4-6-18/h2-10,13-14H,11-12,15H2,1H3,(H,22,25). The van der Waals surface area contributed by atoms with E-state index in [1.807, 2.05) is 61.5 Å². The monoisotopic (exact) mass is 347 g/mol. The zero-order valence-corrected chi connectivity index (χ0v) is 14.7. The number of nitrogens with one attached hydrogen (secondary N) is 1. The molecule has 0 radical (unpaired) electrons. The fraction of sp³-hybridized carbons (Fsp3) is 0.190. The predicted octanol–water partition coefficient (Wildman–Crippen LogP) is 3.19. The van der Waals surface area contributed by atoms with E-state index in [0.29, 0.717) is 24.5 Å². The van der Waals surface area contributed by atoms with Gasteiger partial charge in [-0.25, -0.2) is 9.97 Å². The Morgan fingerprint density at radius 2 is 1.69 bits per heavy atom. The Kier molecular flexibility index (Phi) is 5.93. The third-order valence-electron chi connectivity index (χ3n) is 3.86. The summed E-state index contributed by atoms with van der Waals surface area (Å²) >= 11 is 0. The van der Waals surface area contributed by atoms with Crippen molar-refractivity contribution in [3.8, 4) is 17.1 Å². The number of amides is 1. The zero-order valence-electron chi connectivity index (χ0n) is 14.7. The quantitative estimate of drug-likeness (QED) is 0.713. The molecule has 1 heterocycles. The van der Waals surface area contributed by atoms with E-state index in [2.05, 4.69) is 15.3 Å². The summed E-state index contributed by atoms with van der Waals surface area (Å²) in [4.78, 5) is 20.6. The van der Waals surface area contributed by atoms with Crippen LogP contribution in [0.1, 0.15) is 11.1 Å². The number of hydrogen-bond acceptors (Lipinski definition) is 4. The van der Waals surface area contributed by atoms with Crippen molar-refractivity contribution in [2.24, 2.45) is 0 Å². The summed E-state index contributed by atoms with van der Waals surface area (Å²) < 4.78 is 5.45. The van der Waals surface area contributed by atoms with Gasteiger partial charge in [0.1, 0.15) is 5.75 Å². The highest BCUT2D eigenvalue weighted by Crippen LogP contribution is 2.13. The number of carbonyl (C=O) groups excluding carboxylic acids is 1. The van der Waals surface area contributed by atoms with Crippen LogP contribution in [0.3, 0.4) is 0 Å². The SMILES string of the molecule is Cc1ccc(OCC(=O)NCCc2cnc(-c3ccccc3)nc2)cc1. The Balaban J connectivity index is 1.41. The maximum atomic E-state index is 11.8. The first-order valence-corrected chi connectivity index (χ1v) is 8.53. The minimum Gasteiger partial charge on any atom is -0.484 e. The molecule has 0 aliphatic carbocycles. The lowest BCUT2D eigenvalue weighted by molar-refractivity contribution is -0.123. The lowest BCUT2D eigenvalue weighted by Gasteiger charge is -2.08. The second kappa shape index (κ2) is 8.76. The van der Waals surface area contributed by atoms with Crippen molar-refractivity contribution in [1.29, 1.82) is 0 Å². The van der Waals surface area contributed by atoms with Gasteiger partial charge in [-0.15, -0.1) is 0 Å². The predicted molar refractivity (Wildman–Crippen MR) is 101 cm³/mol. The first-order valence-electron chi connectivity index (χ1n) is 8.53. The van der Waals surface area contributed by atoms with Gasteiger partial charge in [0.05, 0.1) is 0 Å².